The minimum Gasteiger partial charge on any atom is -0.380 e. The van der Waals surface area contributed by atoms with E-state index in [1.165, 1.54) is 22.5 Å². The molecule has 10 nitrogen and oxygen atoms in total. The van der Waals surface area contributed by atoms with E-state index in [0.717, 1.165) is 16.7 Å². The van der Waals surface area contributed by atoms with Crippen molar-refractivity contribution in [3.63, 3.8) is 0 Å². The molecule has 1 unspecified atom stereocenters. The Kier molecular flexibility index (Phi) is 8.94. The number of ether oxygens (including phenoxy) is 4. The monoisotopic (exact) mass is 613 g/mol. The topological polar surface area (TPSA) is 126 Å². The van der Waals surface area contributed by atoms with Crippen molar-refractivity contribution in [1.82, 2.24) is 19.6 Å². The van der Waals surface area contributed by atoms with Crippen LogP contribution in [0.1, 0.15) is 29.3 Å². The summed E-state index contributed by atoms with van der Waals surface area (Å²) < 4.78 is 27.5. The van der Waals surface area contributed by atoms with Crippen LogP contribution in [0.2, 0.25) is 0 Å². The number of hydrogen-bond donors (Lipinski definition) is 2. The summed E-state index contributed by atoms with van der Waals surface area (Å²) >= 11 is 1.33. The van der Waals surface area contributed by atoms with Gasteiger partial charge in [0, 0.05) is 0 Å². The highest BCUT2D eigenvalue weighted by Gasteiger charge is 2.67. The lowest BCUT2D eigenvalue weighted by atomic mass is 9.87. The summed E-state index contributed by atoms with van der Waals surface area (Å²) in [6, 6.07) is 29.5. The number of aliphatic hydroxyl groups is 1. The molecule has 3 aromatic carbocycles. The Labute approximate surface area is 260 Å². The number of nitrogens with zero attached hydrogens (tertiary/aromatic N) is 4. The molecule has 5 aromatic rings. The number of benzene rings is 3. The molecule has 0 amide bonds. The van der Waals surface area contributed by atoms with Gasteiger partial charge in [0.25, 0.3) is 0 Å². The van der Waals surface area contributed by atoms with Gasteiger partial charge in [-0.2, -0.15) is 0 Å². The molecule has 0 spiro atoms. The third kappa shape index (κ3) is 5.94. The van der Waals surface area contributed by atoms with E-state index in [4.69, 9.17) is 24.7 Å². The normalized spacial score (nSPS) is 23.3. The van der Waals surface area contributed by atoms with Crippen LogP contribution in [-0.4, -0.2) is 55.4 Å². The quantitative estimate of drug-likeness (QED) is 0.190. The molecule has 1 saturated heterocycles. The van der Waals surface area contributed by atoms with E-state index in [9.17, 15) is 5.11 Å². The van der Waals surface area contributed by atoms with Crippen molar-refractivity contribution in [1.29, 1.82) is 0 Å². The summed E-state index contributed by atoms with van der Waals surface area (Å²) in [5.41, 5.74) is 8.23. The molecule has 228 valence electrons. The number of aromatic nitrogens is 4. The van der Waals surface area contributed by atoms with E-state index in [2.05, 4.69) is 15.1 Å². The van der Waals surface area contributed by atoms with E-state index in [1.807, 2.05) is 97.3 Å². The zero-order valence-electron chi connectivity index (χ0n) is 24.6. The van der Waals surface area contributed by atoms with Gasteiger partial charge < -0.3 is 29.8 Å². The summed E-state index contributed by atoms with van der Waals surface area (Å²) in [4.78, 5) is 8.75. The molecule has 0 radical (unpaired) electrons. The average molecular weight is 614 g/mol. The van der Waals surface area contributed by atoms with Gasteiger partial charge in [-0.3, -0.25) is 0 Å². The predicted octanol–water partition coefficient (Wildman–Crippen LogP) is 4.75. The fraction of sp³-hybridized carbons (Fsp3) is 0.303. The maximum absolute atomic E-state index is 12.7. The molecule has 0 aliphatic carbocycles. The molecule has 1 aliphatic rings. The summed E-state index contributed by atoms with van der Waals surface area (Å²) in [5, 5.41) is 17.7. The van der Waals surface area contributed by atoms with Gasteiger partial charge in [-0.1, -0.05) is 103 Å². The fourth-order valence-corrected chi connectivity index (χ4v) is 5.82. The molecular weight excluding hydrogens is 578 g/mol. The van der Waals surface area contributed by atoms with Gasteiger partial charge in [0.05, 0.1) is 32.6 Å². The van der Waals surface area contributed by atoms with Crippen molar-refractivity contribution in [2.75, 3.05) is 18.6 Å². The lowest BCUT2D eigenvalue weighted by Gasteiger charge is -2.39. The SMILES string of the molecule is CSc1nc(N)c2ncc(C3(O)O[C@H](COCc4ccccc4)[C@@H](OCc4ccccc4)[C@@]3(C)OCc3ccccc3)n2n1. The van der Waals surface area contributed by atoms with Crippen LogP contribution in [-0.2, 0) is 44.6 Å². The molecule has 1 aliphatic heterocycles. The standard InChI is InChI=1S/C33H35N5O5S/c1-32(42-21-25-16-10-5-11-17-25)28(41-20-24-14-8-4-9-15-24)26(22-40-19-23-12-6-3-7-13-23)43-33(32,39)27-18-35-30-29(34)36-31(44-2)37-38(27)30/h3-18,26,28,39H,19-22H2,1-2H3,(H2,34,36,37)/t26-,28-,32-,33?/m1/s1. The second kappa shape index (κ2) is 13.0. The first-order valence-corrected chi connectivity index (χ1v) is 15.5. The lowest BCUT2D eigenvalue weighted by Crippen LogP contribution is -2.55. The number of nitrogen functional groups attached to an aromatic ring is 1. The summed E-state index contributed by atoms with van der Waals surface area (Å²) in [6.07, 6.45) is 1.85. The Morgan fingerprint density at radius 2 is 1.50 bits per heavy atom. The number of thioether (sulfide) groups is 1. The van der Waals surface area contributed by atoms with Crippen LogP contribution >= 0.6 is 11.8 Å². The molecule has 4 atom stereocenters. The van der Waals surface area contributed by atoms with Crippen molar-refractivity contribution >= 4 is 23.2 Å². The van der Waals surface area contributed by atoms with E-state index >= 15 is 0 Å². The molecule has 1 fully saturated rings. The number of hydrogen-bond acceptors (Lipinski definition) is 10. The molecule has 6 rings (SSSR count). The second-order valence-electron chi connectivity index (χ2n) is 10.8. The van der Waals surface area contributed by atoms with Crippen LogP contribution in [0, 0.1) is 0 Å². The highest BCUT2D eigenvalue weighted by Crippen LogP contribution is 2.49. The summed E-state index contributed by atoms with van der Waals surface area (Å²) in [5.74, 6) is -1.89. The van der Waals surface area contributed by atoms with Crippen LogP contribution in [0.5, 0.6) is 0 Å². The Hall–Kier alpha value is -3.84. The highest BCUT2D eigenvalue weighted by molar-refractivity contribution is 7.98. The van der Waals surface area contributed by atoms with Crippen molar-refractivity contribution in [2.24, 2.45) is 0 Å². The van der Waals surface area contributed by atoms with Crippen molar-refractivity contribution < 1.29 is 24.1 Å². The molecule has 3 N–H and O–H groups in total. The first kappa shape index (κ1) is 30.2. The number of anilines is 1. The van der Waals surface area contributed by atoms with Gasteiger partial charge in [-0.25, -0.2) is 14.5 Å². The minimum absolute atomic E-state index is 0.130. The van der Waals surface area contributed by atoms with Gasteiger partial charge in [-0.05, 0) is 29.9 Å². The van der Waals surface area contributed by atoms with E-state index < -0.39 is 23.6 Å². The zero-order valence-corrected chi connectivity index (χ0v) is 25.4. The minimum atomic E-state index is -2.07. The van der Waals surface area contributed by atoms with Gasteiger partial charge in [0.1, 0.15) is 17.9 Å². The number of fused-ring (bicyclic) bond motifs is 1. The zero-order chi connectivity index (χ0) is 30.6. The molecule has 44 heavy (non-hydrogen) atoms. The van der Waals surface area contributed by atoms with Gasteiger partial charge >= 0.3 is 0 Å². The molecule has 0 bridgehead atoms. The molecular formula is C33H35N5O5S. The number of rotatable bonds is 12. The largest absolute Gasteiger partial charge is 0.380 e. The Balaban J connectivity index is 1.40. The van der Waals surface area contributed by atoms with Crippen LogP contribution in [0.3, 0.4) is 0 Å². The first-order valence-electron chi connectivity index (χ1n) is 14.3. The maximum Gasteiger partial charge on any atom is 0.244 e. The smallest absolute Gasteiger partial charge is 0.244 e. The first-order chi connectivity index (χ1) is 21.4. The van der Waals surface area contributed by atoms with E-state index in [-0.39, 0.29) is 31.3 Å². The number of nitrogens with two attached hydrogens (primary N) is 1. The van der Waals surface area contributed by atoms with Gasteiger partial charge in [0.2, 0.25) is 10.9 Å². The predicted molar refractivity (Wildman–Crippen MR) is 166 cm³/mol. The average Bonchev–Trinajstić information content (AvgIpc) is 3.58. The Morgan fingerprint density at radius 1 is 0.909 bits per heavy atom. The highest BCUT2D eigenvalue weighted by atomic mass is 32.2. The Morgan fingerprint density at radius 3 is 2.11 bits per heavy atom. The number of imidazole rings is 1. The van der Waals surface area contributed by atoms with Crippen molar-refractivity contribution in [3.8, 4) is 0 Å². The molecule has 11 heteroatoms. The van der Waals surface area contributed by atoms with E-state index in [1.54, 1.807) is 6.92 Å². The van der Waals surface area contributed by atoms with Crippen LogP contribution in [0.15, 0.2) is 102 Å². The molecule has 0 saturated carbocycles. The van der Waals surface area contributed by atoms with Gasteiger partial charge in [0.15, 0.2) is 17.1 Å². The second-order valence-corrected chi connectivity index (χ2v) is 11.5. The van der Waals surface area contributed by atoms with Crippen LogP contribution in [0.25, 0.3) is 5.65 Å². The van der Waals surface area contributed by atoms with Crippen LogP contribution < -0.4 is 5.73 Å². The van der Waals surface area contributed by atoms with Gasteiger partial charge in [-0.15, -0.1) is 5.10 Å². The lowest BCUT2D eigenvalue weighted by molar-refractivity contribution is -0.294. The fourth-order valence-electron chi connectivity index (χ4n) is 5.46. The van der Waals surface area contributed by atoms with E-state index in [0.29, 0.717) is 17.4 Å². The van der Waals surface area contributed by atoms with Crippen LogP contribution in [0.4, 0.5) is 5.82 Å². The summed E-state index contributed by atoms with van der Waals surface area (Å²) in [6.45, 7) is 2.74. The maximum atomic E-state index is 12.7. The summed E-state index contributed by atoms with van der Waals surface area (Å²) in [7, 11) is 0. The van der Waals surface area contributed by atoms with Crippen molar-refractivity contribution in [3.05, 3.63) is 120 Å². The van der Waals surface area contributed by atoms with Crippen molar-refractivity contribution in [2.45, 2.75) is 55.5 Å². The third-order valence-electron chi connectivity index (χ3n) is 7.82. The molecule has 3 heterocycles. The Bertz CT molecular complexity index is 1680. The molecule has 2 aromatic heterocycles. The third-order valence-corrected chi connectivity index (χ3v) is 8.36.